The van der Waals surface area contributed by atoms with E-state index in [4.69, 9.17) is 15.8 Å². The number of amides is 1. The van der Waals surface area contributed by atoms with Gasteiger partial charge in [-0.3, -0.25) is 14.7 Å². The van der Waals surface area contributed by atoms with Crippen molar-refractivity contribution in [2.45, 2.75) is 0 Å². The van der Waals surface area contributed by atoms with E-state index in [1.165, 1.54) is 0 Å². The number of nitrogens with two attached hydrogens (primary N) is 1. The summed E-state index contributed by atoms with van der Waals surface area (Å²) in [5, 5.41) is 9.01. The molecule has 0 atom stereocenters. The lowest BCUT2D eigenvalue weighted by Gasteiger charge is -2.34. The quantitative estimate of drug-likeness (QED) is 0.823. The van der Waals surface area contributed by atoms with Crippen LogP contribution in [0.2, 0.25) is 0 Å². The molecule has 126 valence electrons. The highest BCUT2D eigenvalue weighted by Gasteiger charge is 2.18. The summed E-state index contributed by atoms with van der Waals surface area (Å²) in [7, 11) is 0. The lowest BCUT2D eigenvalue weighted by molar-refractivity contribution is 0.100. The molecule has 0 aliphatic carbocycles. The first-order valence-corrected chi connectivity index (χ1v) is 7.98. The molecule has 1 saturated heterocycles. The van der Waals surface area contributed by atoms with Crippen LogP contribution >= 0.6 is 0 Å². The van der Waals surface area contributed by atoms with Gasteiger partial charge in [0.25, 0.3) is 0 Å². The number of aliphatic hydroxyl groups excluding tert-OH is 1. The van der Waals surface area contributed by atoms with Crippen LogP contribution in [0.3, 0.4) is 0 Å². The Balaban J connectivity index is 1.74. The first-order chi connectivity index (χ1) is 11.7. The molecule has 3 rings (SSSR count). The molecule has 24 heavy (non-hydrogen) atoms. The average molecular weight is 327 g/mol. The maximum absolute atomic E-state index is 11.2. The van der Waals surface area contributed by atoms with Crippen molar-refractivity contribution in [3.63, 3.8) is 0 Å². The third-order valence-electron chi connectivity index (χ3n) is 4.20. The fourth-order valence-electron chi connectivity index (χ4n) is 2.79. The largest absolute Gasteiger partial charge is 0.395 e. The number of rotatable bonds is 5. The summed E-state index contributed by atoms with van der Waals surface area (Å²) in [6.07, 6.45) is 3.48. The molecule has 7 nitrogen and oxygen atoms in total. The number of piperazine rings is 1. The molecule has 1 fully saturated rings. The lowest BCUT2D eigenvalue weighted by Crippen LogP contribution is -2.47. The van der Waals surface area contributed by atoms with E-state index in [0.29, 0.717) is 12.1 Å². The molecule has 1 amide bonds. The number of anilines is 1. The molecule has 1 aliphatic heterocycles. The van der Waals surface area contributed by atoms with Crippen LogP contribution in [0.4, 0.5) is 5.82 Å². The number of aromatic nitrogens is 2. The van der Waals surface area contributed by atoms with Crippen LogP contribution in [0, 0.1) is 0 Å². The Hall–Kier alpha value is -2.51. The molecule has 2 aromatic rings. The predicted octanol–water partition coefficient (Wildman–Crippen LogP) is 0.357. The molecular formula is C17H21N5O2. The van der Waals surface area contributed by atoms with Gasteiger partial charge < -0.3 is 15.7 Å². The number of hydrogen-bond acceptors (Lipinski definition) is 6. The third-order valence-corrected chi connectivity index (χ3v) is 4.20. The lowest BCUT2D eigenvalue weighted by atomic mass is 10.1. The predicted molar refractivity (Wildman–Crippen MR) is 91.7 cm³/mol. The summed E-state index contributed by atoms with van der Waals surface area (Å²) in [6.45, 7) is 4.43. The fraction of sp³-hybridized carbons (Fsp3) is 0.353. The van der Waals surface area contributed by atoms with Crippen molar-refractivity contribution >= 4 is 11.7 Å². The number of benzene rings is 1. The molecule has 0 radical (unpaired) electrons. The zero-order valence-electron chi connectivity index (χ0n) is 13.4. The van der Waals surface area contributed by atoms with Gasteiger partial charge in [-0.25, -0.2) is 4.98 Å². The number of primary amides is 1. The minimum absolute atomic E-state index is 0.191. The maximum Gasteiger partial charge on any atom is 0.248 e. The second-order valence-electron chi connectivity index (χ2n) is 5.76. The normalized spacial score (nSPS) is 15.5. The highest BCUT2D eigenvalue weighted by Crippen LogP contribution is 2.20. The zero-order chi connectivity index (χ0) is 16.9. The van der Waals surface area contributed by atoms with Gasteiger partial charge in [0.15, 0.2) is 0 Å². The van der Waals surface area contributed by atoms with Gasteiger partial charge in [0.1, 0.15) is 5.82 Å². The Morgan fingerprint density at radius 1 is 1.12 bits per heavy atom. The van der Waals surface area contributed by atoms with Gasteiger partial charge in [-0.15, -0.1) is 0 Å². The Morgan fingerprint density at radius 2 is 1.83 bits per heavy atom. The summed E-state index contributed by atoms with van der Waals surface area (Å²) < 4.78 is 0. The molecule has 0 spiro atoms. The van der Waals surface area contributed by atoms with Gasteiger partial charge in [-0.2, -0.15) is 0 Å². The van der Waals surface area contributed by atoms with E-state index in [0.717, 1.165) is 43.3 Å². The van der Waals surface area contributed by atoms with Crippen molar-refractivity contribution in [3.8, 4) is 11.3 Å². The summed E-state index contributed by atoms with van der Waals surface area (Å²) in [4.78, 5) is 24.6. The number of β-amino-alcohol motifs (C(OH)–C–C–N with tert-alkyl or cyclic N) is 1. The summed E-state index contributed by atoms with van der Waals surface area (Å²) in [5.74, 6) is 0.400. The van der Waals surface area contributed by atoms with E-state index in [1.54, 1.807) is 24.5 Å². The molecule has 1 aromatic carbocycles. The van der Waals surface area contributed by atoms with Crippen LogP contribution < -0.4 is 10.6 Å². The Bertz CT molecular complexity index is 696. The zero-order valence-corrected chi connectivity index (χ0v) is 13.4. The minimum Gasteiger partial charge on any atom is -0.395 e. The third kappa shape index (κ3) is 3.69. The molecule has 0 unspecified atom stereocenters. The standard InChI is InChI=1S/C17H21N5O2/c18-17(24)14-3-1-13(2-4-14)15-11-19-12-16(20-15)22-7-5-21(6-8-22)9-10-23/h1-4,11-12,23H,5-10H2,(H2,18,24). The van der Waals surface area contributed by atoms with Gasteiger partial charge in [-0.05, 0) is 12.1 Å². The average Bonchev–Trinajstić information content (AvgIpc) is 2.63. The van der Waals surface area contributed by atoms with Crippen LogP contribution in [0.5, 0.6) is 0 Å². The number of carbonyl (C=O) groups excluding carboxylic acids is 1. The molecule has 0 saturated carbocycles. The molecule has 2 heterocycles. The fourth-order valence-corrected chi connectivity index (χ4v) is 2.79. The van der Waals surface area contributed by atoms with E-state index in [-0.39, 0.29) is 6.61 Å². The van der Waals surface area contributed by atoms with Crippen molar-refractivity contribution in [1.29, 1.82) is 0 Å². The first kappa shape index (κ1) is 16.4. The topological polar surface area (TPSA) is 95.6 Å². The SMILES string of the molecule is NC(=O)c1ccc(-c2cncc(N3CCN(CCO)CC3)n2)cc1. The number of hydrogen-bond donors (Lipinski definition) is 2. The summed E-state index contributed by atoms with van der Waals surface area (Å²) in [6, 6.07) is 7.04. The monoisotopic (exact) mass is 327 g/mol. The van der Waals surface area contributed by atoms with Crippen molar-refractivity contribution in [2.75, 3.05) is 44.2 Å². The van der Waals surface area contributed by atoms with E-state index in [1.807, 2.05) is 12.1 Å². The smallest absolute Gasteiger partial charge is 0.248 e. The van der Waals surface area contributed by atoms with Crippen LogP contribution in [0.15, 0.2) is 36.7 Å². The van der Waals surface area contributed by atoms with Crippen molar-refractivity contribution in [3.05, 3.63) is 42.2 Å². The summed E-state index contributed by atoms with van der Waals surface area (Å²) in [5.41, 5.74) is 7.40. The Kier molecular flexibility index (Phi) is 5.02. The van der Waals surface area contributed by atoms with Gasteiger partial charge >= 0.3 is 0 Å². The number of nitrogens with zero attached hydrogens (tertiary/aromatic N) is 4. The van der Waals surface area contributed by atoms with Crippen LogP contribution in [-0.2, 0) is 0 Å². The van der Waals surface area contributed by atoms with Gasteiger partial charge in [0.05, 0.1) is 24.7 Å². The second kappa shape index (κ2) is 7.37. The highest BCUT2D eigenvalue weighted by molar-refractivity contribution is 5.93. The van der Waals surface area contributed by atoms with E-state index < -0.39 is 5.91 Å². The minimum atomic E-state index is -0.442. The molecule has 1 aromatic heterocycles. The second-order valence-corrected chi connectivity index (χ2v) is 5.76. The van der Waals surface area contributed by atoms with E-state index in [9.17, 15) is 4.79 Å². The number of aliphatic hydroxyl groups is 1. The molecule has 3 N–H and O–H groups in total. The van der Waals surface area contributed by atoms with Gasteiger partial charge in [0, 0.05) is 43.9 Å². The van der Waals surface area contributed by atoms with E-state index >= 15 is 0 Å². The van der Waals surface area contributed by atoms with Crippen LogP contribution in [-0.4, -0.2) is 65.2 Å². The molecular weight excluding hydrogens is 306 g/mol. The molecule has 1 aliphatic rings. The maximum atomic E-state index is 11.2. The highest BCUT2D eigenvalue weighted by atomic mass is 16.3. The molecule has 7 heteroatoms. The summed E-state index contributed by atoms with van der Waals surface area (Å²) >= 11 is 0. The van der Waals surface area contributed by atoms with Crippen LogP contribution in [0.1, 0.15) is 10.4 Å². The van der Waals surface area contributed by atoms with Crippen molar-refractivity contribution in [1.82, 2.24) is 14.9 Å². The van der Waals surface area contributed by atoms with Crippen LogP contribution in [0.25, 0.3) is 11.3 Å². The molecule has 0 bridgehead atoms. The Labute approximate surface area is 140 Å². The van der Waals surface area contributed by atoms with Crippen molar-refractivity contribution in [2.24, 2.45) is 5.73 Å². The van der Waals surface area contributed by atoms with Gasteiger partial charge in [-0.1, -0.05) is 12.1 Å². The van der Waals surface area contributed by atoms with E-state index in [2.05, 4.69) is 14.8 Å². The Morgan fingerprint density at radius 3 is 2.46 bits per heavy atom. The van der Waals surface area contributed by atoms with Gasteiger partial charge in [0.2, 0.25) is 5.91 Å². The van der Waals surface area contributed by atoms with Crippen molar-refractivity contribution < 1.29 is 9.90 Å². The first-order valence-electron chi connectivity index (χ1n) is 7.98. The number of carbonyl (C=O) groups is 1.